The lowest BCUT2D eigenvalue weighted by Gasteiger charge is -2.11. The van der Waals surface area contributed by atoms with E-state index in [9.17, 15) is 14.7 Å². The summed E-state index contributed by atoms with van der Waals surface area (Å²) in [6, 6.07) is 8.79. The van der Waals surface area contributed by atoms with Crippen molar-refractivity contribution in [1.29, 1.82) is 0 Å². The summed E-state index contributed by atoms with van der Waals surface area (Å²) < 4.78 is 12.3. The summed E-state index contributed by atoms with van der Waals surface area (Å²) >= 11 is 3.33. The average molecular weight is 402 g/mol. The number of rotatable bonds is 3. The third-order valence-electron chi connectivity index (χ3n) is 4.38. The second-order valence-electron chi connectivity index (χ2n) is 5.56. The SMILES string of the molecule is COc1cc2c(=O)n3c(C(=O)O)c(Br)c4cccc(c2cc1OC)c43. The fourth-order valence-corrected chi connectivity index (χ4v) is 3.98. The molecular formula is C18H12BrNO5. The third-order valence-corrected chi connectivity index (χ3v) is 5.18. The van der Waals surface area contributed by atoms with E-state index in [0.717, 1.165) is 5.39 Å². The van der Waals surface area contributed by atoms with Gasteiger partial charge in [0.2, 0.25) is 0 Å². The topological polar surface area (TPSA) is 77.2 Å². The van der Waals surface area contributed by atoms with E-state index in [2.05, 4.69) is 15.9 Å². The number of hydrogen-bond acceptors (Lipinski definition) is 4. The molecule has 1 N–H and O–H groups in total. The lowest BCUT2D eigenvalue weighted by atomic mass is 10.0. The molecule has 0 saturated heterocycles. The molecule has 0 spiro atoms. The van der Waals surface area contributed by atoms with Crippen LogP contribution in [-0.4, -0.2) is 29.7 Å². The summed E-state index contributed by atoms with van der Waals surface area (Å²) in [5.41, 5.74) is 0.0622. The van der Waals surface area contributed by atoms with Crippen molar-refractivity contribution in [2.75, 3.05) is 14.2 Å². The minimum atomic E-state index is -1.17. The Balaban J connectivity index is 2.37. The van der Waals surface area contributed by atoms with Crippen LogP contribution in [0, 0.1) is 0 Å². The highest BCUT2D eigenvalue weighted by Gasteiger charge is 2.24. The molecule has 2 heterocycles. The number of aromatic nitrogens is 1. The Labute approximate surface area is 149 Å². The van der Waals surface area contributed by atoms with E-state index in [1.807, 2.05) is 12.1 Å². The van der Waals surface area contributed by atoms with E-state index in [4.69, 9.17) is 9.47 Å². The molecule has 4 rings (SSSR count). The molecule has 2 aromatic heterocycles. The Bertz CT molecular complexity index is 1230. The summed E-state index contributed by atoms with van der Waals surface area (Å²) in [6.45, 7) is 0. The molecule has 0 aliphatic carbocycles. The first kappa shape index (κ1) is 15.7. The van der Waals surface area contributed by atoms with Crippen molar-refractivity contribution in [3.05, 3.63) is 50.9 Å². The fourth-order valence-electron chi connectivity index (χ4n) is 3.31. The number of aromatic carboxylic acids is 1. The molecule has 7 heteroatoms. The molecule has 0 amide bonds. The van der Waals surface area contributed by atoms with Crippen LogP contribution < -0.4 is 15.0 Å². The van der Waals surface area contributed by atoms with Gasteiger partial charge in [0.25, 0.3) is 5.56 Å². The van der Waals surface area contributed by atoms with E-state index in [0.29, 0.717) is 37.6 Å². The second-order valence-corrected chi connectivity index (χ2v) is 6.36. The maximum absolute atomic E-state index is 13.1. The number of ether oxygens (including phenoxy) is 2. The molecule has 126 valence electrons. The van der Waals surface area contributed by atoms with Crippen LogP contribution in [0.2, 0.25) is 0 Å². The van der Waals surface area contributed by atoms with Gasteiger partial charge < -0.3 is 14.6 Å². The number of carboxylic acid groups (broad SMARTS) is 1. The van der Waals surface area contributed by atoms with E-state index in [1.165, 1.54) is 18.6 Å². The van der Waals surface area contributed by atoms with Crippen LogP contribution in [-0.2, 0) is 0 Å². The predicted molar refractivity (Wildman–Crippen MR) is 97.6 cm³/mol. The lowest BCUT2D eigenvalue weighted by molar-refractivity contribution is 0.0688. The van der Waals surface area contributed by atoms with Crippen LogP contribution in [0.25, 0.3) is 27.1 Å². The molecular weight excluding hydrogens is 390 g/mol. The molecule has 25 heavy (non-hydrogen) atoms. The van der Waals surface area contributed by atoms with Crippen molar-refractivity contribution in [1.82, 2.24) is 4.40 Å². The highest BCUT2D eigenvalue weighted by atomic mass is 79.9. The first-order chi connectivity index (χ1) is 12.0. The summed E-state index contributed by atoms with van der Waals surface area (Å²) in [4.78, 5) is 24.8. The van der Waals surface area contributed by atoms with Gasteiger partial charge in [-0.25, -0.2) is 4.79 Å². The second kappa shape index (κ2) is 5.35. The number of para-hydroxylation sites is 1. The molecule has 0 fully saturated rings. The van der Waals surface area contributed by atoms with Gasteiger partial charge in [-0.1, -0.05) is 18.2 Å². The zero-order valence-corrected chi connectivity index (χ0v) is 14.9. The van der Waals surface area contributed by atoms with Gasteiger partial charge in [-0.2, -0.15) is 0 Å². The van der Waals surface area contributed by atoms with Gasteiger partial charge in [0.05, 0.1) is 29.6 Å². The normalized spacial score (nSPS) is 11.5. The third kappa shape index (κ3) is 1.96. The monoisotopic (exact) mass is 401 g/mol. The maximum Gasteiger partial charge on any atom is 0.354 e. The Morgan fingerprint density at radius 2 is 1.64 bits per heavy atom. The quantitative estimate of drug-likeness (QED) is 0.531. The molecule has 0 aliphatic heterocycles. The minimum Gasteiger partial charge on any atom is -0.493 e. The molecule has 0 bridgehead atoms. The van der Waals surface area contributed by atoms with Crippen molar-refractivity contribution in [3.8, 4) is 11.5 Å². The van der Waals surface area contributed by atoms with Crippen LogP contribution in [0.3, 0.4) is 0 Å². The highest BCUT2D eigenvalue weighted by Crippen LogP contribution is 2.38. The number of hydrogen-bond donors (Lipinski definition) is 1. The van der Waals surface area contributed by atoms with Gasteiger partial charge in [0, 0.05) is 16.2 Å². The number of halogens is 1. The summed E-state index contributed by atoms with van der Waals surface area (Å²) in [6.07, 6.45) is 0. The smallest absolute Gasteiger partial charge is 0.354 e. The van der Waals surface area contributed by atoms with Crippen molar-refractivity contribution >= 4 is 49.0 Å². The van der Waals surface area contributed by atoms with E-state index in [1.54, 1.807) is 18.2 Å². The zero-order chi connectivity index (χ0) is 17.9. The molecule has 0 atom stereocenters. The number of fused-ring (bicyclic) bond motifs is 2. The van der Waals surface area contributed by atoms with Gasteiger partial charge in [-0.15, -0.1) is 0 Å². The van der Waals surface area contributed by atoms with Crippen LogP contribution in [0.15, 0.2) is 39.6 Å². The summed E-state index contributed by atoms with van der Waals surface area (Å²) in [5, 5.41) is 12.1. The van der Waals surface area contributed by atoms with E-state index < -0.39 is 11.5 Å². The largest absolute Gasteiger partial charge is 0.493 e. The van der Waals surface area contributed by atoms with Crippen molar-refractivity contribution in [2.45, 2.75) is 0 Å². The molecule has 0 aliphatic rings. The number of carboxylic acids is 1. The molecule has 0 saturated carbocycles. The van der Waals surface area contributed by atoms with Crippen molar-refractivity contribution in [2.24, 2.45) is 0 Å². The highest BCUT2D eigenvalue weighted by molar-refractivity contribution is 9.10. The molecule has 0 radical (unpaired) electrons. The maximum atomic E-state index is 13.1. The summed E-state index contributed by atoms with van der Waals surface area (Å²) in [5.74, 6) is -0.261. The zero-order valence-electron chi connectivity index (χ0n) is 13.3. The number of nitrogens with zero attached hydrogens (tertiary/aromatic N) is 1. The first-order valence-electron chi connectivity index (χ1n) is 7.37. The standard InChI is InChI=1S/C18H12BrNO5/c1-24-12-6-10-8-4-3-5-9-14(19)16(18(22)23)20(15(8)9)17(21)11(10)7-13(12)25-2/h3-7H,1-2H3,(H,22,23). The van der Waals surface area contributed by atoms with E-state index in [-0.39, 0.29) is 5.69 Å². The van der Waals surface area contributed by atoms with E-state index >= 15 is 0 Å². The van der Waals surface area contributed by atoms with Gasteiger partial charge in [0.1, 0.15) is 5.69 Å². The Hall–Kier alpha value is -2.80. The number of methoxy groups -OCH3 is 2. The van der Waals surface area contributed by atoms with Crippen LogP contribution >= 0.6 is 15.9 Å². The summed E-state index contributed by atoms with van der Waals surface area (Å²) in [7, 11) is 3.01. The van der Waals surface area contributed by atoms with Crippen LogP contribution in [0.5, 0.6) is 11.5 Å². The molecule has 0 unspecified atom stereocenters. The number of benzene rings is 2. The van der Waals surface area contributed by atoms with Gasteiger partial charge in [-0.3, -0.25) is 9.20 Å². The van der Waals surface area contributed by atoms with Crippen LogP contribution in [0.1, 0.15) is 10.5 Å². The number of pyridine rings is 1. The first-order valence-corrected chi connectivity index (χ1v) is 8.16. The Morgan fingerprint density at radius 3 is 2.24 bits per heavy atom. The molecule has 6 nitrogen and oxygen atoms in total. The predicted octanol–water partition coefficient (Wildman–Crippen LogP) is 3.52. The minimum absolute atomic E-state index is 0.0899. The van der Waals surface area contributed by atoms with Crippen LogP contribution in [0.4, 0.5) is 0 Å². The number of carbonyl (C=O) groups is 1. The molecule has 4 aromatic rings. The Kier molecular flexibility index (Phi) is 3.36. The van der Waals surface area contributed by atoms with Gasteiger partial charge in [0.15, 0.2) is 11.5 Å². The van der Waals surface area contributed by atoms with Crippen molar-refractivity contribution < 1.29 is 19.4 Å². The lowest BCUT2D eigenvalue weighted by Crippen LogP contribution is -2.18. The molecule has 2 aromatic carbocycles. The fraction of sp³-hybridized carbons (Fsp3) is 0.111. The van der Waals surface area contributed by atoms with Crippen molar-refractivity contribution in [3.63, 3.8) is 0 Å². The van der Waals surface area contributed by atoms with Gasteiger partial charge >= 0.3 is 5.97 Å². The average Bonchev–Trinajstić information content (AvgIpc) is 2.92. The Morgan fingerprint density at radius 1 is 1.04 bits per heavy atom. The van der Waals surface area contributed by atoms with Gasteiger partial charge in [-0.05, 0) is 28.1 Å².